The van der Waals surface area contributed by atoms with Gasteiger partial charge < -0.3 is 9.47 Å². The number of esters is 1. The Morgan fingerprint density at radius 3 is 2.43 bits per heavy atom. The van der Waals surface area contributed by atoms with Gasteiger partial charge in [0.25, 0.3) is 0 Å². The first-order chi connectivity index (χ1) is 10.1. The van der Waals surface area contributed by atoms with Crippen LogP contribution < -0.4 is 9.47 Å². The van der Waals surface area contributed by atoms with Crippen molar-refractivity contribution in [1.82, 2.24) is 0 Å². The third-order valence-electron chi connectivity index (χ3n) is 3.00. The van der Waals surface area contributed by atoms with Crippen molar-refractivity contribution >= 4 is 21.9 Å². The van der Waals surface area contributed by atoms with Crippen LogP contribution in [0.2, 0.25) is 0 Å². The lowest BCUT2D eigenvalue weighted by atomic mass is 10.1. The van der Waals surface area contributed by atoms with E-state index in [4.69, 9.17) is 9.47 Å². The zero-order chi connectivity index (χ0) is 15.2. The molecule has 0 amide bonds. The summed E-state index contributed by atoms with van der Waals surface area (Å²) in [6, 6.07) is 12.8. The molecule has 0 aliphatic rings. The fourth-order valence-electron chi connectivity index (χ4n) is 1.90. The summed E-state index contributed by atoms with van der Waals surface area (Å²) >= 11 is 3.36. The number of rotatable bonds is 5. The van der Waals surface area contributed by atoms with Crippen molar-refractivity contribution in [1.29, 1.82) is 0 Å². The van der Waals surface area contributed by atoms with E-state index in [2.05, 4.69) is 22.9 Å². The van der Waals surface area contributed by atoms with Gasteiger partial charge in [-0.3, -0.25) is 0 Å². The predicted octanol–water partition coefficient (Wildman–Crippen LogP) is 4.63. The minimum absolute atomic E-state index is 0.408. The van der Waals surface area contributed by atoms with E-state index in [9.17, 15) is 4.79 Å². The van der Waals surface area contributed by atoms with Gasteiger partial charge in [0.15, 0.2) is 0 Å². The molecular formula is C17H17BrO3. The lowest BCUT2D eigenvalue weighted by Gasteiger charge is -2.10. The van der Waals surface area contributed by atoms with Crippen LogP contribution in [-0.2, 0) is 6.42 Å². The highest BCUT2D eigenvalue weighted by Gasteiger charge is 2.15. The third kappa shape index (κ3) is 4.08. The Labute approximate surface area is 133 Å². The lowest BCUT2D eigenvalue weighted by molar-refractivity contribution is 0.0730. The first-order valence-electron chi connectivity index (χ1n) is 6.87. The maximum absolute atomic E-state index is 12.3. The molecule has 0 aliphatic heterocycles. The van der Waals surface area contributed by atoms with E-state index in [1.165, 1.54) is 5.56 Å². The Kier molecular flexibility index (Phi) is 5.39. The number of aryl methyl sites for hydroxylation is 1. The lowest BCUT2D eigenvalue weighted by Crippen LogP contribution is -2.11. The number of hydrogen-bond donors (Lipinski definition) is 0. The molecule has 21 heavy (non-hydrogen) atoms. The van der Waals surface area contributed by atoms with Gasteiger partial charge in [0.1, 0.15) is 17.1 Å². The van der Waals surface area contributed by atoms with E-state index in [-0.39, 0.29) is 0 Å². The first kappa shape index (κ1) is 15.6. The van der Waals surface area contributed by atoms with Crippen LogP contribution in [0.1, 0.15) is 29.8 Å². The highest BCUT2D eigenvalue weighted by molar-refractivity contribution is 9.10. The molecule has 0 heterocycles. The van der Waals surface area contributed by atoms with Gasteiger partial charge in [0, 0.05) is 4.47 Å². The molecule has 3 nitrogen and oxygen atoms in total. The molecule has 0 aromatic heterocycles. The number of hydrogen-bond acceptors (Lipinski definition) is 3. The van der Waals surface area contributed by atoms with Crippen LogP contribution in [0.4, 0.5) is 0 Å². The number of benzene rings is 2. The van der Waals surface area contributed by atoms with E-state index >= 15 is 0 Å². The molecular weight excluding hydrogens is 332 g/mol. The van der Waals surface area contributed by atoms with Gasteiger partial charge in [-0.2, -0.15) is 0 Å². The normalized spacial score (nSPS) is 10.2. The summed E-state index contributed by atoms with van der Waals surface area (Å²) in [7, 11) is 0. The maximum atomic E-state index is 12.3. The van der Waals surface area contributed by atoms with Crippen molar-refractivity contribution < 1.29 is 14.3 Å². The van der Waals surface area contributed by atoms with E-state index in [1.807, 2.05) is 25.1 Å². The summed E-state index contributed by atoms with van der Waals surface area (Å²) in [5.41, 5.74) is 1.61. The van der Waals surface area contributed by atoms with Crippen LogP contribution in [0.25, 0.3) is 0 Å². The topological polar surface area (TPSA) is 35.5 Å². The molecule has 2 rings (SSSR count). The minimum atomic E-state index is -0.427. The van der Waals surface area contributed by atoms with Gasteiger partial charge >= 0.3 is 5.97 Å². The van der Waals surface area contributed by atoms with Crippen molar-refractivity contribution in [3.05, 3.63) is 58.1 Å². The number of ether oxygens (including phenoxy) is 2. The van der Waals surface area contributed by atoms with Crippen molar-refractivity contribution in [2.45, 2.75) is 20.3 Å². The minimum Gasteiger partial charge on any atom is -0.493 e. The smallest absolute Gasteiger partial charge is 0.347 e. The molecule has 0 N–H and O–H groups in total. The first-order valence-corrected chi connectivity index (χ1v) is 7.66. The third-order valence-corrected chi connectivity index (χ3v) is 3.50. The van der Waals surface area contributed by atoms with Crippen molar-refractivity contribution in [2.24, 2.45) is 0 Å². The predicted molar refractivity (Wildman–Crippen MR) is 86.1 cm³/mol. The molecule has 0 unspecified atom stereocenters. The van der Waals surface area contributed by atoms with E-state index < -0.39 is 5.97 Å². The Bertz CT molecular complexity index is 620. The Morgan fingerprint density at radius 1 is 1.10 bits per heavy atom. The molecule has 0 bridgehead atoms. The van der Waals surface area contributed by atoms with Crippen LogP contribution in [0.3, 0.4) is 0 Å². The highest BCUT2D eigenvalue weighted by atomic mass is 79.9. The summed E-state index contributed by atoms with van der Waals surface area (Å²) in [6.45, 7) is 4.45. The SMILES string of the molecule is CCOc1ccc(Br)cc1C(=O)Oc1ccc(CC)cc1. The molecule has 2 aromatic rings. The van der Waals surface area contributed by atoms with E-state index in [1.54, 1.807) is 24.3 Å². The molecule has 0 saturated heterocycles. The molecule has 0 saturated carbocycles. The standard InChI is InChI=1S/C17H17BrO3/c1-3-12-5-8-14(9-6-12)21-17(19)15-11-13(18)7-10-16(15)20-4-2/h5-11H,3-4H2,1-2H3. The molecule has 0 aliphatic carbocycles. The van der Waals surface area contributed by atoms with Crippen LogP contribution in [0, 0.1) is 0 Å². The highest BCUT2D eigenvalue weighted by Crippen LogP contribution is 2.25. The van der Waals surface area contributed by atoms with Gasteiger partial charge in [0.05, 0.1) is 6.61 Å². The number of carbonyl (C=O) groups is 1. The van der Waals surface area contributed by atoms with Crippen molar-refractivity contribution in [3.63, 3.8) is 0 Å². The number of halogens is 1. The van der Waals surface area contributed by atoms with Crippen molar-refractivity contribution in [2.75, 3.05) is 6.61 Å². The van der Waals surface area contributed by atoms with Crippen LogP contribution in [0.5, 0.6) is 11.5 Å². The number of carbonyl (C=O) groups excluding carboxylic acids is 1. The molecule has 4 heteroatoms. The van der Waals surface area contributed by atoms with Gasteiger partial charge in [0.2, 0.25) is 0 Å². The molecule has 0 atom stereocenters. The van der Waals surface area contributed by atoms with Gasteiger partial charge in [-0.25, -0.2) is 4.79 Å². The largest absolute Gasteiger partial charge is 0.493 e. The fraction of sp³-hybridized carbons (Fsp3) is 0.235. The average Bonchev–Trinajstić information content (AvgIpc) is 2.50. The Balaban J connectivity index is 2.20. The summed E-state index contributed by atoms with van der Waals surface area (Å²) in [5.74, 6) is 0.625. The molecule has 0 radical (unpaired) electrons. The Morgan fingerprint density at radius 2 is 1.81 bits per heavy atom. The second kappa shape index (κ2) is 7.27. The van der Waals surface area contributed by atoms with Gasteiger partial charge in [-0.1, -0.05) is 35.0 Å². The summed E-state index contributed by atoms with van der Waals surface area (Å²) in [6.07, 6.45) is 0.953. The van der Waals surface area contributed by atoms with E-state index in [0.717, 1.165) is 10.9 Å². The monoisotopic (exact) mass is 348 g/mol. The summed E-state index contributed by atoms with van der Waals surface area (Å²) < 4.78 is 11.7. The molecule has 2 aromatic carbocycles. The van der Waals surface area contributed by atoms with Crippen LogP contribution >= 0.6 is 15.9 Å². The second-order valence-electron chi connectivity index (χ2n) is 4.46. The summed E-state index contributed by atoms with van der Waals surface area (Å²) in [5, 5.41) is 0. The maximum Gasteiger partial charge on any atom is 0.347 e. The van der Waals surface area contributed by atoms with Crippen molar-refractivity contribution in [3.8, 4) is 11.5 Å². The van der Waals surface area contributed by atoms with Gasteiger partial charge in [-0.15, -0.1) is 0 Å². The van der Waals surface area contributed by atoms with Gasteiger partial charge in [-0.05, 0) is 49.2 Å². The summed E-state index contributed by atoms with van der Waals surface area (Å²) in [4.78, 5) is 12.3. The quantitative estimate of drug-likeness (QED) is 0.583. The average molecular weight is 349 g/mol. The zero-order valence-corrected chi connectivity index (χ0v) is 13.6. The molecule has 110 valence electrons. The van der Waals surface area contributed by atoms with E-state index in [0.29, 0.717) is 23.7 Å². The Hall–Kier alpha value is -1.81. The van der Waals surface area contributed by atoms with Crippen LogP contribution in [0.15, 0.2) is 46.9 Å². The zero-order valence-electron chi connectivity index (χ0n) is 12.1. The molecule has 0 spiro atoms. The second-order valence-corrected chi connectivity index (χ2v) is 5.38. The fourth-order valence-corrected chi connectivity index (χ4v) is 2.26. The van der Waals surface area contributed by atoms with Crippen LogP contribution in [-0.4, -0.2) is 12.6 Å². The molecule has 0 fully saturated rings.